The van der Waals surface area contributed by atoms with E-state index in [0.717, 1.165) is 15.4 Å². The number of carbonyl (C=O) groups excluding carboxylic acids is 1. The molecule has 0 saturated carbocycles. The zero-order chi connectivity index (χ0) is 14.1. The van der Waals surface area contributed by atoms with Gasteiger partial charge in [-0.1, -0.05) is 28.1 Å². The van der Waals surface area contributed by atoms with Crippen LogP contribution >= 0.6 is 15.9 Å². The Hall–Kier alpha value is -1.94. The molecule has 0 aliphatic carbocycles. The predicted molar refractivity (Wildman–Crippen MR) is 80.4 cm³/mol. The van der Waals surface area contributed by atoms with Crippen molar-refractivity contribution in [2.45, 2.75) is 6.54 Å². The van der Waals surface area contributed by atoms with Gasteiger partial charge >= 0.3 is 0 Å². The standard InChI is InChI=1S/C16H11BrFNO/c17-13-4-5-15-11(8-13)6-7-19(15)10-16(20)12-2-1-3-14(18)9-12/h1-9H,10H2. The Labute approximate surface area is 124 Å². The first-order chi connectivity index (χ1) is 9.63. The monoisotopic (exact) mass is 331 g/mol. The van der Waals surface area contributed by atoms with E-state index in [1.165, 1.54) is 12.1 Å². The van der Waals surface area contributed by atoms with Gasteiger partial charge in [-0.05, 0) is 36.4 Å². The fraction of sp³-hybridized carbons (Fsp3) is 0.0625. The van der Waals surface area contributed by atoms with Gasteiger partial charge in [0.15, 0.2) is 5.78 Å². The fourth-order valence-corrected chi connectivity index (χ4v) is 2.60. The third-order valence-electron chi connectivity index (χ3n) is 3.19. The number of Topliss-reactive ketones (excluding diaryl/α,β-unsaturated/α-hetero) is 1. The third-order valence-corrected chi connectivity index (χ3v) is 3.69. The highest BCUT2D eigenvalue weighted by molar-refractivity contribution is 9.10. The summed E-state index contributed by atoms with van der Waals surface area (Å²) in [5, 5.41) is 1.06. The number of rotatable bonds is 3. The summed E-state index contributed by atoms with van der Waals surface area (Å²) in [6.07, 6.45) is 1.87. The second kappa shape index (κ2) is 5.21. The summed E-state index contributed by atoms with van der Waals surface area (Å²) in [7, 11) is 0. The molecule has 100 valence electrons. The van der Waals surface area contributed by atoms with Crippen molar-refractivity contribution in [3.63, 3.8) is 0 Å². The molecule has 2 aromatic carbocycles. The van der Waals surface area contributed by atoms with Crippen LogP contribution in [-0.4, -0.2) is 10.4 Å². The first-order valence-electron chi connectivity index (χ1n) is 6.17. The Kier molecular flexibility index (Phi) is 3.40. The first-order valence-corrected chi connectivity index (χ1v) is 6.96. The number of fused-ring (bicyclic) bond motifs is 1. The van der Waals surface area contributed by atoms with Crippen LogP contribution in [0.3, 0.4) is 0 Å². The maximum absolute atomic E-state index is 13.1. The van der Waals surface area contributed by atoms with Crippen LogP contribution in [0.15, 0.2) is 59.2 Å². The summed E-state index contributed by atoms with van der Waals surface area (Å²) in [5.74, 6) is -0.498. The van der Waals surface area contributed by atoms with E-state index < -0.39 is 5.82 Å². The van der Waals surface area contributed by atoms with Crippen LogP contribution in [0.4, 0.5) is 4.39 Å². The number of hydrogen-bond donors (Lipinski definition) is 0. The molecule has 0 radical (unpaired) electrons. The topological polar surface area (TPSA) is 22.0 Å². The second-order valence-corrected chi connectivity index (χ2v) is 5.50. The minimum atomic E-state index is -0.392. The highest BCUT2D eigenvalue weighted by Gasteiger charge is 2.09. The number of aromatic nitrogens is 1. The summed E-state index contributed by atoms with van der Waals surface area (Å²) in [5.41, 5.74) is 1.38. The number of nitrogens with zero attached hydrogens (tertiary/aromatic N) is 1. The Bertz CT molecular complexity index is 794. The van der Waals surface area contributed by atoms with Crippen molar-refractivity contribution in [2.24, 2.45) is 0 Å². The van der Waals surface area contributed by atoms with Gasteiger partial charge in [-0.15, -0.1) is 0 Å². The average Bonchev–Trinajstić information content (AvgIpc) is 2.81. The van der Waals surface area contributed by atoms with E-state index >= 15 is 0 Å². The molecule has 0 aliphatic rings. The molecule has 4 heteroatoms. The second-order valence-electron chi connectivity index (χ2n) is 4.58. The Balaban J connectivity index is 1.91. The zero-order valence-electron chi connectivity index (χ0n) is 10.5. The number of hydrogen-bond acceptors (Lipinski definition) is 1. The number of halogens is 2. The lowest BCUT2D eigenvalue weighted by Crippen LogP contribution is -2.09. The molecular weight excluding hydrogens is 321 g/mol. The van der Waals surface area contributed by atoms with Gasteiger partial charge in [-0.2, -0.15) is 0 Å². The van der Waals surface area contributed by atoms with Crippen molar-refractivity contribution >= 4 is 32.6 Å². The van der Waals surface area contributed by atoms with Crippen molar-refractivity contribution in [3.05, 3.63) is 70.6 Å². The van der Waals surface area contributed by atoms with Crippen LogP contribution in [0.2, 0.25) is 0 Å². The van der Waals surface area contributed by atoms with Gasteiger partial charge in [0.1, 0.15) is 5.82 Å². The van der Waals surface area contributed by atoms with E-state index in [1.54, 1.807) is 12.1 Å². The van der Waals surface area contributed by atoms with E-state index in [2.05, 4.69) is 15.9 Å². The van der Waals surface area contributed by atoms with E-state index in [0.29, 0.717) is 5.56 Å². The molecular formula is C16H11BrFNO. The van der Waals surface area contributed by atoms with E-state index in [9.17, 15) is 9.18 Å². The van der Waals surface area contributed by atoms with Crippen molar-refractivity contribution < 1.29 is 9.18 Å². The van der Waals surface area contributed by atoms with Crippen molar-refractivity contribution in [1.29, 1.82) is 0 Å². The Morgan fingerprint density at radius 1 is 1.15 bits per heavy atom. The van der Waals surface area contributed by atoms with Gasteiger partial charge in [0.2, 0.25) is 0 Å². The summed E-state index contributed by atoms with van der Waals surface area (Å²) in [6, 6.07) is 13.6. The lowest BCUT2D eigenvalue weighted by Gasteiger charge is -2.05. The van der Waals surface area contributed by atoms with Gasteiger partial charge in [0, 0.05) is 27.1 Å². The maximum Gasteiger partial charge on any atom is 0.182 e. The van der Waals surface area contributed by atoms with Gasteiger partial charge < -0.3 is 4.57 Å². The van der Waals surface area contributed by atoms with E-state index in [4.69, 9.17) is 0 Å². The molecule has 3 aromatic rings. The van der Waals surface area contributed by atoms with Gasteiger partial charge in [0.25, 0.3) is 0 Å². The zero-order valence-corrected chi connectivity index (χ0v) is 12.1. The molecule has 0 unspecified atom stereocenters. The fourth-order valence-electron chi connectivity index (χ4n) is 2.22. The lowest BCUT2D eigenvalue weighted by molar-refractivity contribution is 0.0973. The number of ketones is 1. The average molecular weight is 332 g/mol. The molecule has 0 bridgehead atoms. The molecule has 0 amide bonds. The third kappa shape index (κ3) is 2.51. The van der Waals surface area contributed by atoms with Crippen LogP contribution in [0.25, 0.3) is 10.9 Å². The number of benzene rings is 2. The molecule has 1 heterocycles. The first kappa shape index (κ1) is 13.1. The molecule has 3 rings (SSSR count). The summed E-state index contributed by atoms with van der Waals surface area (Å²) >= 11 is 3.42. The smallest absolute Gasteiger partial charge is 0.182 e. The highest BCUT2D eigenvalue weighted by atomic mass is 79.9. The predicted octanol–water partition coefficient (Wildman–Crippen LogP) is 4.43. The SMILES string of the molecule is O=C(Cn1ccc2cc(Br)ccc21)c1cccc(F)c1. The highest BCUT2D eigenvalue weighted by Crippen LogP contribution is 2.21. The van der Waals surface area contributed by atoms with Gasteiger partial charge in [-0.3, -0.25) is 4.79 Å². The van der Waals surface area contributed by atoms with Crippen LogP contribution < -0.4 is 0 Å². The normalized spacial score (nSPS) is 10.9. The maximum atomic E-state index is 13.1. The molecule has 0 saturated heterocycles. The van der Waals surface area contributed by atoms with E-state index in [-0.39, 0.29) is 12.3 Å². The van der Waals surface area contributed by atoms with Gasteiger partial charge in [0.05, 0.1) is 6.54 Å². The largest absolute Gasteiger partial charge is 0.340 e. The van der Waals surface area contributed by atoms with Crippen molar-refractivity contribution in [2.75, 3.05) is 0 Å². The molecule has 0 aliphatic heterocycles. The Morgan fingerprint density at radius 3 is 2.80 bits per heavy atom. The van der Waals surface area contributed by atoms with Crippen molar-refractivity contribution in [3.8, 4) is 0 Å². The molecule has 0 atom stereocenters. The van der Waals surface area contributed by atoms with Crippen LogP contribution in [0.1, 0.15) is 10.4 Å². The van der Waals surface area contributed by atoms with Crippen molar-refractivity contribution in [1.82, 2.24) is 4.57 Å². The van der Waals surface area contributed by atoms with Gasteiger partial charge in [-0.25, -0.2) is 4.39 Å². The van der Waals surface area contributed by atoms with Crippen LogP contribution in [-0.2, 0) is 6.54 Å². The summed E-state index contributed by atoms with van der Waals surface area (Å²) in [4.78, 5) is 12.2. The Morgan fingerprint density at radius 2 is 2.00 bits per heavy atom. The molecule has 1 aromatic heterocycles. The minimum Gasteiger partial charge on any atom is -0.340 e. The summed E-state index contributed by atoms with van der Waals surface area (Å²) < 4.78 is 16.0. The molecule has 20 heavy (non-hydrogen) atoms. The van der Waals surface area contributed by atoms with Crippen LogP contribution in [0, 0.1) is 5.82 Å². The summed E-state index contributed by atoms with van der Waals surface area (Å²) in [6.45, 7) is 0.203. The molecule has 0 fully saturated rings. The minimum absolute atomic E-state index is 0.107. The quantitative estimate of drug-likeness (QED) is 0.651. The van der Waals surface area contributed by atoms with Crippen LogP contribution in [0.5, 0.6) is 0 Å². The molecule has 0 N–H and O–H groups in total. The molecule has 2 nitrogen and oxygen atoms in total. The number of carbonyl (C=O) groups is 1. The molecule has 0 spiro atoms. The lowest BCUT2D eigenvalue weighted by atomic mass is 10.1. The van der Waals surface area contributed by atoms with E-state index in [1.807, 2.05) is 35.0 Å².